The van der Waals surface area contributed by atoms with E-state index in [1.807, 2.05) is 36.9 Å². The number of benzene rings is 1. The Bertz CT molecular complexity index is 421. The number of hydrogen-bond donors (Lipinski definition) is 2. The number of carbonyl (C=O) groups excluding carboxylic acids is 1. The van der Waals surface area contributed by atoms with Gasteiger partial charge in [0.15, 0.2) is 0 Å². The van der Waals surface area contributed by atoms with Crippen LogP contribution in [0.5, 0.6) is 0 Å². The average molecular weight is 280 g/mol. The lowest BCUT2D eigenvalue weighted by Crippen LogP contribution is -2.14. The fourth-order valence-corrected chi connectivity index (χ4v) is 2.70. The van der Waals surface area contributed by atoms with E-state index in [1.165, 1.54) is 6.42 Å². The summed E-state index contributed by atoms with van der Waals surface area (Å²) in [5.41, 5.74) is 8.27. The minimum Gasteiger partial charge on any atom is -0.398 e. The molecule has 1 aromatic carbocycles. The molecule has 106 valence electrons. The first-order chi connectivity index (χ1) is 9.04. The second-order valence-electron chi connectivity index (χ2n) is 4.91. The Labute approximate surface area is 120 Å². The Balaban J connectivity index is 2.33. The second-order valence-corrected chi connectivity index (χ2v) is 6.06. The van der Waals surface area contributed by atoms with Crippen molar-refractivity contribution in [3.8, 4) is 0 Å². The molecular weight excluding hydrogens is 256 g/mol. The predicted molar refractivity (Wildman–Crippen MR) is 85.6 cm³/mol. The normalized spacial score (nSPS) is 12.2. The van der Waals surface area contributed by atoms with Crippen molar-refractivity contribution in [2.45, 2.75) is 33.6 Å². The Kier molecular flexibility index (Phi) is 6.78. The van der Waals surface area contributed by atoms with Gasteiger partial charge >= 0.3 is 0 Å². The predicted octanol–water partition coefficient (Wildman–Crippen LogP) is 3.69. The third-order valence-electron chi connectivity index (χ3n) is 3.22. The van der Waals surface area contributed by atoms with Crippen LogP contribution < -0.4 is 11.1 Å². The number of nitrogens with two attached hydrogens (primary N) is 1. The van der Waals surface area contributed by atoms with E-state index in [4.69, 9.17) is 5.73 Å². The molecule has 1 atom stereocenters. The van der Waals surface area contributed by atoms with Crippen LogP contribution in [0, 0.1) is 12.8 Å². The van der Waals surface area contributed by atoms with Crippen molar-refractivity contribution < 1.29 is 4.79 Å². The number of hydrogen-bond acceptors (Lipinski definition) is 3. The number of carbonyl (C=O) groups is 1. The standard InChI is InChI=1S/C15H24N2OS/c1-4-11(2)10-19-9-8-15(18)17-14-7-5-6-13(16)12(14)3/h5-7,11H,4,8-10,16H2,1-3H3,(H,17,18). The molecule has 1 unspecified atom stereocenters. The van der Waals surface area contributed by atoms with Crippen molar-refractivity contribution in [1.29, 1.82) is 0 Å². The number of anilines is 2. The molecule has 0 aliphatic rings. The first kappa shape index (κ1) is 15.9. The topological polar surface area (TPSA) is 55.1 Å². The highest BCUT2D eigenvalue weighted by Crippen LogP contribution is 2.20. The van der Waals surface area contributed by atoms with Gasteiger partial charge in [-0.25, -0.2) is 0 Å². The molecule has 0 saturated carbocycles. The Morgan fingerprint density at radius 2 is 2.21 bits per heavy atom. The third kappa shape index (κ3) is 5.55. The van der Waals surface area contributed by atoms with Crippen LogP contribution in [-0.4, -0.2) is 17.4 Å². The van der Waals surface area contributed by atoms with Crippen LogP contribution in [0.15, 0.2) is 18.2 Å². The van der Waals surface area contributed by atoms with Crippen molar-refractivity contribution in [2.75, 3.05) is 22.6 Å². The molecule has 1 rings (SSSR count). The zero-order chi connectivity index (χ0) is 14.3. The molecule has 4 heteroatoms. The van der Waals surface area contributed by atoms with Crippen LogP contribution in [0.1, 0.15) is 32.3 Å². The van der Waals surface area contributed by atoms with Gasteiger partial charge in [-0.1, -0.05) is 26.3 Å². The van der Waals surface area contributed by atoms with Crippen molar-refractivity contribution in [2.24, 2.45) is 5.92 Å². The van der Waals surface area contributed by atoms with Crippen molar-refractivity contribution in [3.05, 3.63) is 23.8 Å². The molecule has 0 aromatic heterocycles. The number of nitrogen functional groups attached to an aromatic ring is 1. The van der Waals surface area contributed by atoms with Crippen LogP contribution >= 0.6 is 11.8 Å². The van der Waals surface area contributed by atoms with E-state index in [-0.39, 0.29) is 5.91 Å². The summed E-state index contributed by atoms with van der Waals surface area (Å²) in [6, 6.07) is 5.58. The van der Waals surface area contributed by atoms with Crippen LogP contribution in [0.2, 0.25) is 0 Å². The lowest BCUT2D eigenvalue weighted by molar-refractivity contribution is -0.115. The highest BCUT2D eigenvalue weighted by atomic mass is 32.2. The summed E-state index contributed by atoms with van der Waals surface area (Å²) in [5.74, 6) is 2.79. The first-order valence-electron chi connectivity index (χ1n) is 6.77. The largest absolute Gasteiger partial charge is 0.398 e. The number of nitrogens with one attached hydrogen (secondary N) is 1. The fraction of sp³-hybridized carbons (Fsp3) is 0.533. The van der Waals surface area contributed by atoms with Gasteiger partial charge < -0.3 is 11.1 Å². The van der Waals surface area contributed by atoms with E-state index in [2.05, 4.69) is 19.2 Å². The molecule has 0 saturated heterocycles. The lowest BCUT2D eigenvalue weighted by Gasteiger charge is -2.10. The van der Waals surface area contributed by atoms with Crippen LogP contribution in [0.4, 0.5) is 11.4 Å². The number of thioether (sulfide) groups is 1. The summed E-state index contributed by atoms with van der Waals surface area (Å²) in [7, 11) is 0. The van der Waals surface area contributed by atoms with E-state index < -0.39 is 0 Å². The van der Waals surface area contributed by atoms with Crippen LogP contribution in [0.25, 0.3) is 0 Å². The van der Waals surface area contributed by atoms with Crippen LogP contribution in [-0.2, 0) is 4.79 Å². The lowest BCUT2D eigenvalue weighted by atomic mass is 10.1. The average Bonchev–Trinajstić information content (AvgIpc) is 2.39. The summed E-state index contributed by atoms with van der Waals surface area (Å²) in [4.78, 5) is 11.8. The maximum atomic E-state index is 11.8. The van der Waals surface area contributed by atoms with E-state index in [1.54, 1.807) is 0 Å². The van der Waals surface area contributed by atoms with E-state index >= 15 is 0 Å². The molecule has 1 aromatic rings. The molecule has 3 nitrogen and oxygen atoms in total. The van der Waals surface area contributed by atoms with Crippen molar-refractivity contribution in [3.63, 3.8) is 0 Å². The third-order valence-corrected chi connectivity index (χ3v) is 4.52. The van der Waals surface area contributed by atoms with Gasteiger partial charge in [0.2, 0.25) is 5.91 Å². The highest BCUT2D eigenvalue weighted by Gasteiger charge is 2.06. The molecule has 0 radical (unpaired) electrons. The molecule has 0 aliphatic carbocycles. The SMILES string of the molecule is CCC(C)CSCCC(=O)Nc1cccc(N)c1C. The molecular formula is C15H24N2OS. The minimum atomic E-state index is 0.0605. The second kappa shape index (κ2) is 8.10. The summed E-state index contributed by atoms with van der Waals surface area (Å²) in [6.07, 6.45) is 1.75. The summed E-state index contributed by atoms with van der Waals surface area (Å²) in [6.45, 7) is 6.35. The molecule has 0 heterocycles. The molecule has 1 amide bonds. The first-order valence-corrected chi connectivity index (χ1v) is 7.92. The molecule has 0 fully saturated rings. The maximum absolute atomic E-state index is 11.8. The Hall–Kier alpha value is -1.16. The molecule has 0 bridgehead atoms. The van der Waals surface area contributed by atoms with Gasteiger partial charge in [-0.2, -0.15) is 11.8 Å². The van der Waals surface area contributed by atoms with Gasteiger partial charge in [0.1, 0.15) is 0 Å². The Morgan fingerprint density at radius 3 is 2.89 bits per heavy atom. The van der Waals surface area contributed by atoms with Crippen molar-refractivity contribution in [1.82, 2.24) is 0 Å². The van der Waals surface area contributed by atoms with E-state index in [0.717, 1.165) is 28.7 Å². The van der Waals surface area contributed by atoms with E-state index in [9.17, 15) is 4.79 Å². The summed E-state index contributed by atoms with van der Waals surface area (Å²) in [5, 5.41) is 2.92. The Morgan fingerprint density at radius 1 is 1.47 bits per heavy atom. The molecule has 0 spiro atoms. The molecule has 19 heavy (non-hydrogen) atoms. The number of amides is 1. The fourth-order valence-electron chi connectivity index (χ4n) is 1.57. The van der Waals surface area contributed by atoms with Gasteiger partial charge in [0.05, 0.1) is 0 Å². The van der Waals surface area contributed by atoms with Gasteiger partial charge in [-0.15, -0.1) is 0 Å². The smallest absolute Gasteiger partial charge is 0.225 e. The summed E-state index contributed by atoms with van der Waals surface area (Å²) < 4.78 is 0. The quantitative estimate of drug-likeness (QED) is 0.591. The summed E-state index contributed by atoms with van der Waals surface area (Å²) >= 11 is 1.85. The maximum Gasteiger partial charge on any atom is 0.225 e. The zero-order valence-electron chi connectivity index (χ0n) is 12.0. The van der Waals surface area contributed by atoms with Gasteiger partial charge in [-0.3, -0.25) is 4.79 Å². The van der Waals surface area contributed by atoms with Crippen molar-refractivity contribution >= 4 is 29.0 Å². The van der Waals surface area contributed by atoms with Gasteiger partial charge in [0, 0.05) is 23.5 Å². The van der Waals surface area contributed by atoms with Gasteiger partial charge in [-0.05, 0) is 36.3 Å². The highest BCUT2D eigenvalue weighted by molar-refractivity contribution is 7.99. The molecule has 0 aliphatic heterocycles. The minimum absolute atomic E-state index is 0.0605. The van der Waals surface area contributed by atoms with Gasteiger partial charge in [0.25, 0.3) is 0 Å². The zero-order valence-corrected chi connectivity index (χ0v) is 12.8. The monoisotopic (exact) mass is 280 g/mol. The number of rotatable bonds is 7. The van der Waals surface area contributed by atoms with Crippen LogP contribution in [0.3, 0.4) is 0 Å². The van der Waals surface area contributed by atoms with E-state index in [0.29, 0.717) is 12.1 Å². The molecule has 3 N–H and O–H groups in total.